The van der Waals surface area contributed by atoms with Gasteiger partial charge in [0.25, 0.3) is 0 Å². The second kappa shape index (κ2) is 13.1. The minimum absolute atomic E-state index is 0.0244. The largest absolute Gasteiger partial charge is 0.493 e. The van der Waals surface area contributed by atoms with E-state index in [1.54, 1.807) is 30.5 Å². The Morgan fingerprint density at radius 3 is 2.41 bits per heavy atom. The molecule has 0 aliphatic heterocycles. The van der Waals surface area contributed by atoms with Crippen molar-refractivity contribution in [3.05, 3.63) is 46.2 Å². The monoisotopic (exact) mass is 460 g/mol. The first-order valence-corrected chi connectivity index (χ1v) is 12.1. The summed E-state index contributed by atoms with van der Waals surface area (Å²) in [5, 5.41) is 2.02. The normalized spacial score (nSPS) is 11.7. The average Bonchev–Trinajstić information content (AvgIpc) is 3.32. The molecular weight excluding hydrogens is 424 g/mol. The van der Waals surface area contributed by atoms with Crippen LogP contribution in [-0.4, -0.2) is 55.0 Å². The molecule has 1 atom stereocenters. The van der Waals surface area contributed by atoms with Gasteiger partial charge in [0.15, 0.2) is 11.5 Å². The van der Waals surface area contributed by atoms with E-state index in [0.717, 1.165) is 23.3 Å². The molecule has 0 fully saturated rings. The van der Waals surface area contributed by atoms with Crippen LogP contribution in [0.4, 0.5) is 0 Å². The van der Waals surface area contributed by atoms with Gasteiger partial charge in [0.05, 0.1) is 27.3 Å². The maximum absolute atomic E-state index is 13.3. The number of hydrogen-bond donors (Lipinski definition) is 0. The van der Waals surface area contributed by atoms with E-state index < -0.39 is 0 Å². The molecule has 2 rings (SSSR count). The maximum Gasteiger partial charge on any atom is 0.242 e. The Balaban J connectivity index is 2.16. The summed E-state index contributed by atoms with van der Waals surface area (Å²) in [6.07, 6.45) is 2.75. The van der Waals surface area contributed by atoms with Crippen LogP contribution in [0.3, 0.4) is 0 Å². The topological polar surface area (TPSA) is 59.1 Å². The van der Waals surface area contributed by atoms with Crippen molar-refractivity contribution in [1.29, 1.82) is 0 Å². The number of amides is 2. The first-order chi connectivity index (χ1) is 15.4. The van der Waals surface area contributed by atoms with Crippen LogP contribution in [0.1, 0.15) is 50.5 Å². The lowest BCUT2D eigenvalue weighted by atomic mass is 10.1. The molecule has 0 bridgehead atoms. The van der Waals surface area contributed by atoms with Crippen molar-refractivity contribution in [2.45, 2.75) is 59.0 Å². The fourth-order valence-corrected chi connectivity index (χ4v) is 4.22. The third-order valence-corrected chi connectivity index (χ3v) is 6.47. The van der Waals surface area contributed by atoms with Crippen LogP contribution in [-0.2, 0) is 22.6 Å². The zero-order chi connectivity index (χ0) is 23.5. The number of thiophene rings is 1. The summed E-state index contributed by atoms with van der Waals surface area (Å²) in [7, 11) is 3.23. The van der Waals surface area contributed by atoms with Gasteiger partial charge in [-0.3, -0.25) is 9.59 Å². The van der Waals surface area contributed by atoms with Crippen LogP contribution in [0.25, 0.3) is 0 Å². The van der Waals surface area contributed by atoms with Gasteiger partial charge in [-0.2, -0.15) is 0 Å². The van der Waals surface area contributed by atoms with Crippen molar-refractivity contribution >= 4 is 23.2 Å². The quantitative estimate of drug-likeness (QED) is 0.432. The molecular formula is C25H36N2O4S. The van der Waals surface area contributed by atoms with Crippen molar-refractivity contribution in [2.24, 2.45) is 0 Å². The van der Waals surface area contributed by atoms with E-state index in [9.17, 15) is 9.59 Å². The molecule has 2 amide bonds. The number of nitrogens with zero attached hydrogens (tertiary/aromatic N) is 2. The Kier molecular flexibility index (Phi) is 10.5. The van der Waals surface area contributed by atoms with Gasteiger partial charge in [0.2, 0.25) is 11.8 Å². The number of rotatable bonds is 13. The molecule has 0 radical (unpaired) electrons. The lowest BCUT2D eigenvalue weighted by Gasteiger charge is -2.31. The predicted octanol–water partition coefficient (Wildman–Crippen LogP) is 4.76. The molecule has 0 N–H and O–H groups in total. The lowest BCUT2D eigenvalue weighted by Crippen LogP contribution is -2.46. The number of carbonyl (C=O) groups is 2. The number of carbonyl (C=O) groups excluding carboxylic acids is 2. The molecule has 1 aromatic heterocycles. The van der Waals surface area contributed by atoms with E-state index in [4.69, 9.17) is 9.47 Å². The molecule has 7 heteroatoms. The molecule has 0 saturated carbocycles. The van der Waals surface area contributed by atoms with Gasteiger partial charge in [-0.05, 0) is 55.3 Å². The molecule has 2 aromatic rings. The number of methoxy groups -OCH3 is 2. The smallest absolute Gasteiger partial charge is 0.242 e. The summed E-state index contributed by atoms with van der Waals surface area (Å²) in [4.78, 5) is 30.7. The maximum atomic E-state index is 13.3. The van der Waals surface area contributed by atoms with Crippen molar-refractivity contribution in [3.8, 4) is 11.5 Å². The zero-order valence-corrected chi connectivity index (χ0v) is 20.7. The van der Waals surface area contributed by atoms with Crippen LogP contribution in [0.15, 0.2) is 35.7 Å². The van der Waals surface area contributed by atoms with Gasteiger partial charge in [-0.15, -0.1) is 11.3 Å². The molecule has 176 valence electrons. The van der Waals surface area contributed by atoms with Gasteiger partial charge in [-0.1, -0.05) is 26.0 Å². The minimum Gasteiger partial charge on any atom is -0.493 e. The summed E-state index contributed by atoms with van der Waals surface area (Å²) < 4.78 is 10.7. The second-order valence-electron chi connectivity index (χ2n) is 7.86. The predicted molar refractivity (Wildman–Crippen MR) is 129 cm³/mol. The van der Waals surface area contributed by atoms with Gasteiger partial charge >= 0.3 is 0 Å². The lowest BCUT2D eigenvalue weighted by molar-refractivity contribution is -0.142. The van der Waals surface area contributed by atoms with E-state index >= 15 is 0 Å². The molecule has 0 aliphatic carbocycles. The molecule has 1 unspecified atom stereocenters. The standard InChI is InChI=1S/C25H36N2O4S/c1-6-9-24(28)27(19(3)7-2)18-25(29)26(17-21-10-8-15-32-21)14-13-20-11-12-22(30-4)23(16-20)31-5/h8,10-12,15-16,19H,6-7,9,13-14,17-18H2,1-5H3. The van der Waals surface area contributed by atoms with Gasteiger partial charge in [0, 0.05) is 23.9 Å². The molecule has 6 nitrogen and oxygen atoms in total. The summed E-state index contributed by atoms with van der Waals surface area (Å²) in [6.45, 7) is 7.25. The zero-order valence-electron chi connectivity index (χ0n) is 19.9. The van der Waals surface area contributed by atoms with Crippen LogP contribution >= 0.6 is 11.3 Å². The number of hydrogen-bond acceptors (Lipinski definition) is 5. The highest BCUT2D eigenvalue weighted by Crippen LogP contribution is 2.28. The molecule has 0 saturated heterocycles. The van der Waals surface area contributed by atoms with Gasteiger partial charge in [0.1, 0.15) is 0 Å². The van der Waals surface area contributed by atoms with Gasteiger partial charge < -0.3 is 19.3 Å². The third kappa shape index (κ3) is 7.26. The molecule has 32 heavy (non-hydrogen) atoms. The second-order valence-corrected chi connectivity index (χ2v) is 8.90. The summed E-state index contributed by atoms with van der Waals surface area (Å²) in [6, 6.07) is 9.89. The van der Waals surface area contributed by atoms with Crippen LogP contribution < -0.4 is 9.47 Å². The number of ether oxygens (including phenoxy) is 2. The Morgan fingerprint density at radius 2 is 1.81 bits per heavy atom. The number of benzene rings is 1. The fraction of sp³-hybridized carbons (Fsp3) is 0.520. The average molecular weight is 461 g/mol. The van der Waals surface area contributed by atoms with E-state index in [1.807, 2.05) is 61.4 Å². The Labute approximate surface area is 196 Å². The van der Waals surface area contributed by atoms with Crippen molar-refractivity contribution in [3.63, 3.8) is 0 Å². The SMILES string of the molecule is CCCC(=O)N(CC(=O)N(CCc1ccc(OC)c(OC)c1)Cc1cccs1)C(C)CC. The van der Waals surface area contributed by atoms with E-state index in [1.165, 1.54) is 0 Å². The Bertz CT molecular complexity index is 854. The first-order valence-electron chi connectivity index (χ1n) is 11.2. The van der Waals surface area contributed by atoms with E-state index in [2.05, 4.69) is 0 Å². The summed E-state index contributed by atoms with van der Waals surface area (Å²) in [5.74, 6) is 1.38. The van der Waals surface area contributed by atoms with Crippen molar-refractivity contribution in [2.75, 3.05) is 27.3 Å². The highest BCUT2D eigenvalue weighted by molar-refractivity contribution is 7.09. The Hall–Kier alpha value is -2.54. The molecule has 0 spiro atoms. The van der Waals surface area contributed by atoms with Gasteiger partial charge in [-0.25, -0.2) is 0 Å². The van der Waals surface area contributed by atoms with Crippen LogP contribution in [0.2, 0.25) is 0 Å². The van der Waals surface area contributed by atoms with Crippen LogP contribution in [0, 0.1) is 0 Å². The first kappa shape index (κ1) is 25.7. The molecule has 0 aliphatic rings. The Morgan fingerprint density at radius 1 is 1.06 bits per heavy atom. The highest BCUT2D eigenvalue weighted by atomic mass is 32.1. The highest BCUT2D eigenvalue weighted by Gasteiger charge is 2.24. The molecule has 1 aromatic carbocycles. The minimum atomic E-state index is -0.0244. The van der Waals surface area contributed by atoms with E-state index in [0.29, 0.717) is 37.4 Å². The molecule has 1 heterocycles. The van der Waals surface area contributed by atoms with Crippen LogP contribution in [0.5, 0.6) is 11.5 Å². The van der Waals surface area contributed by atoms with Crippen molar-refractivity contribution < 1.29 is 19.1 Å². The van der Waals surface area contributed by atoms with Crippen molar-refractivity contribution in [1.82, 2.24) is 9.80 Å². The van der Waals surface area contributed by atoms with E-state index in [-0.39, 0.29) is 24.4 Å². The summed E-state index contributed by atoms with van der Waals surface area (Å²) >= 11 is 1.63. The fourth-order valence-electron chi connectivity index (χ4n) is 3.50. The third-order valence-electron chi connectivity index (χ3n) is 5.61. The summed E-state index contributed by atoms with van der Waals surface area (Å²) in [5.41, 5.74) is 1.06.